The first-order valence-electron chi connectivity index (χ1n) is 13.2. The Labute approximate surface area is 258 Å². The molecule has 1 aliphatic carbocycles. The molecule has 6 rings (SSSR count). The maximum Gasteiger partial charge on any atom is 0.341 e. The minimum Gasteiger partial charge on any atom is -0.477 e. The molecule has 2 aromatic heterocycles. The van der Waals surface area contributed by atoms with Crippen molar-refractivity contribution < 1.29 is 27.6 Å². The van der Waals surface area contributed by atoms with E-state index in [1.165, 1.54) is 18.6 Å². The van der Waals surface area contributed by atoms with E-state index < -0.39 is 43.8 Å². The minimum atomic E-state index is -4.39. The van der Waals surface area contributed by atoms with E-state index in [9.17, 15) is 33.2 Å². The van der Waals surface area contributed by atoms with E-state index >= 15 is 4.39 Å². The predicted octanol–water partition coefficient (Wildman–Crippen LogP) is 4.65. The van der Waals surface area contributed by atoms with Gasteiger partial charge in [0.2, 0.25) is 5.43 Å². The zero-order valence-corrected chi connectivity index (χ0v) is 24.8. The Balaban J connectivity index is 1.43. The van der Waals surface area contributed by atoms with Gasteiger partial charge in [-0.2, -0.15) is 0 Å². The summed E-state index contributed by atoms with van der Waals surface area (Å²) >= 11 is 12.8. The highest BCUT2D eigenvalue weighted by Gasteiger charge is 2.39. The highest BCUT2D eigenvalue weighted by molar-refractivity contribution is 7.92. The molecule has 2 aromatic carbocycles. The van der Waals surface area contributed by atoms with Crippen LogP contribution in [0.25, 0.3) is 10.9 Å². The van der Waals surface area contributed by atoms with Crippen LogP contribution in [0.15, 0.2) is 58.6 Å². The number of pyridine rings is 1. The van der Waals surface area contributed by atoms with Gasteiger partial charge in [0, 0.05) is 37.5 Å². The molecule has 1 saturated heterocycles. The molecular weight excluding hydrogens is 642 g/mol. The molecule has 3 heterocycles. The van der Waals surface area contributed by atoms with E-state index in [-0.39, 0.29) is 68.7 Å². The van der Waals surface area contributed by atoms with E-state index in [1.54, 1.807) is 9.47 Å². The number of hydrogen-bond acceptors (Lipinski definition) is 9. The number of non-ortho nitro benzene ring substituents is 1. The minimum absolute atomic E-state index is 0.0661. The number of aromatic nitrogens is 3. The summed E-state index contributed by atoms with van der Waals surface area (Å²) in [6, 6.07) is 4.35. The van der Waals surface area contributed by atoms with Gasteiger partial charge in [-0.05, 0) is 37.5 Å². The van der Waals surface area contributed by atoms with Crippen molar-refractivity contribution in [1.29, 1.82) is 0 Å². The fourth-order valence-electron chi connectivity index (χ4n) is 5.45. The van der Waals surface area contributed by atoms with Crippen molar-refractivity contribution in [2.45, 2.75) is 36.2 Å². The number of sulfonamides is 1. The number of aromatic carboxylic acids is 1. The summed E-state index contributed by atoms with van der Waals surface area (Å²) in [4.78, 5) is 44.5. The van der Waals surface area contributed by atoms with Gasteiger partial charge in [-0.3, -0.25) is 19.9 Å². The third kappa shape index (κ3) is 5.10. The van der Waals surface area contributed by atoms with Gasteiger partial charge >= 0.3 is 5.97 Å². The number of carbonyl (C=O) groups is 1. The standard InChI is InChI=1S/C27H21Cl2FN6O7S/c28-21-10-31-11-22(32-21)35(44(42,43)17-5-3-15(4-6-17)36(40)41)16-7-8-33(12-16)25-20(30)9-18-24(23(25)29)34(14-1-2-14)13-19(26(18)37)27(38)39/h3-6,9-11,13-14,16H,1-2,7-8,12H2,(H,38,39). The number of rotatable bonds is 8. The van der Waals surface area contributed by atoms with Crippen molar-refractivity contribution in [2.24, 2.45) is 0 Å². The number of benzene rings is 2. The van der Waals surface area contributed by atoms with E-state index in [0.717, 1.165) is 47.5 Å². The normalized spacial score (nSPS) is 16.8. The number of nitro benzene ring substituents is 1. The van der Waals surface area contributed by atoms with Crippen molar-refractivity contribution in [3.63, 3.8) is 0 Å². The molecule has 2 aliphatic rings. The van der Waals surface area contributed by atoms with Gasteiger partial charge in [-0.25, -0.2) is 26.9 Å². The molecule has 1 aliphatic heterocycles. The Morgan fingerprint density at radius 1 is 1.16 bits per heavy atom. The molecule has 1 atom stereocenters. The van der Waals surface area contributed by atoms with Crippen LogP contribution < -0.4 is 14.6 Å². The second-order valence-electron chi connectivity index (χ2n) is 10.4. The van der Waals surface area contributed by atoms with Crippen LogP contribution in [0.5, 0.6) is 0 Å². The average Bonchev–Trinajstić information content (AvgIpc) is 3.72. The van der Waals surface area contributed by atoms with Crippen LogP contribution in [-0.2, 0) is 10.0 Å². The molecule has 0 radical (unpaired) electrons. The number of nitrogens with zero attached hydrogens (tertiary/aromatic N) is 6. The van der Waals surface area contributed by atoms with Crippen LogP contribution >= 0.6 is 23.2 Å². The first-order chi connectivity index (χ1) is 20.9. The summed E-state index contributed by atoms with van der Waals surface area (Å²) < 4.78 is 46.3. The lowest BCUT2D eigenvalue weighted by Gasteiger charge is -2.30. The second-order valence-corrected chi connectivity index (χ2v) is 13.0. The number of fused-ring (bicyclic) bond motifs is 1. The monoisotopic (exact) mass is 662 g/mol. The Bertz CT molecular complexity index is 2020. The van der Waals surface area contributed by atoms with Gasteiger partial charge in [-0.15, -0.1) is 0 Å². The molecule has 1 unspecified atom stereocenters. The number of hydrogen-bond donors (Lipinski definition) is 1. The third-order valence-corrected chi connectivity index (χ3v) is 10.00. The van der Waals surface area contributed by atoms with Gasteiger partial charge in [0.1, 0.15) is 16.5 Å². The lowest BCUT2D eigenvalue weighted by atomic mass is 10.1. The Kier molecular flexibility index (Phi) is 7.42. The fourth-order valence-corrected chi connectivity index (χ4v) is 7.61. The number of nitro groups is 1. The molecule has 228 valence electrons. The fraction of sp³-hybridized carbons (Fsp3) is 0.259. The van der Waals surface area contributed by atoms with Crippen LogP contribution in [0.3, 0.4) is 0 Å². The SMILES string of the molecule is O=C(O)c1cn(C2CC2)c2c(Cl)c(N3CCC(N(c4cncc(Cl)n4)S(=O)(=O)c4ccc([N+](=O)[O-])cc4)C3)c(F)cc2c1=O. The van der Waals surface area contributed by atoms with Crippen LogP contribution in [0.4, 0.5) is 21.6 Å². The third-order valence-electron chi connectivity index (χ3n) is 7.59. The van der Waals surface area contributed by atoms with Crippen LogP contribution in [0.1, 0.15) is 35.7 Å². The van der Waals surface area contributed by atoms with E-state index in [0.29, 0.717) is 0 Å². The van der Waals surface area contributed by atoms with Crippen LogP contribution in [0.2, 0.25) is 10.2 Å². The number of carboxylic acids is 1. The largest absolute Gasteiger partial charge is 0.477 e. The zero-order chi connectivity index (χ0) is 31.5. The van der Waals surface area contributed by atoms with Gasteiger partial charge in [0.15, 0.2) is 5.82 Å². The molecule has 2 fully saturated rings. The second kappa shape index (κ2) is 11.0. The molecule has 44 heavy (non-hydrogen) atoms. The highest BCUT2D eigenvalue weighted by Crippen LogP contribution is 2.43. The molecule has 13 nitrogen and oxygen atoms in total. The van der Waals surface area contributed by atoms with Crippen molar-refractivity contribution in [3.05, 3.63) is 90.8 Å². The van der Waals surface area contributed by atoms with Crippen molar-refractivity contribution >= 4 is 67.3 Å². The molecule has 4 aromatic rings. The smallest absolute Gasteiger partial charge is 0.341 e. The first-order valence-corrected chi connectivity index (χ1v) is 15.4. The Morgan fingerprint density at radius 2 is 1.86 bits per heavy atom. The molecule has 0 bridgehead atoms. The van der Waals surface area contributed by atoms with Crippen LogP contribution in [-0.4, -0.2) is 58.1 Å². The van der Waals surface area contributed by atoms with Crippen molar-refractivity contribution in [2.75, 3.05) is 22.3 Å². The summed E-state index contributed by atoms with van der Waals surface area (Å²) in [6.07, 6.45) is 5.28. The van der Waals surface area contributed by atoms with Crippen molar-refractivity contribution in [3.8, 4) is 0 Å². The van der Waals surface area contributed by atoms with E-state index in [2.05, 4.69) is 9.97 Å². The van der Waals surface area contributed by atoms with E-state index in [4.69, 9.17) is 23.2 Å². The summed E-state index contributed by atoms with van der Waals surface area (Å²) in [5, 5.41) is 20.3. The van der Waals surface area contributed by atoms with Gasteiger partial charge < -0.3 is 14.6 Å². The first kappa shape index (κ1) is 29.7. The topological polar surface area (TPSA) is 169 Å². The summed E-state index contributed by atoms with van der Waals surface area (Å²) in [7, 11) is -4.39. The number of halogens is 3. The van der Waals surface area contributed by atoms with Gasteiger partial charge in [0.05, 0.1) is 49.9 Å². The summed E-state index contributed by atoms with van der Waals surface area (Å²) in [5.41, 5.74) is -1.53. The average molecular weight is 663 g/mol. The van der Waals surface area contributed by atoms with Gasteiger partial charge in [0.25, 0.3) is 15.7 Å². The lowest BCUT2D eigenvalue weighted by molar-refractivity contribution is -0.384. The number of anilines is 2. The molecule has 1 saturated carbocycles. The van der Waals surface area contributed by atoms with Crippen LogP contribution in [0, 0.1) is 15.9 Å². The Morgan fingerprint density at radius 3 is 2.48 bits per heavy atom. The summed E-state index contributed by atoms with van der Waals surface area (Å²) in [5.74, 6) is -2.43. The van der Waals surface area contributed by atoms with E-state index in [1.807, 2.05) is 0 Å². The molecular formula is C27H21Cl2FN6O7S. The Hall–Kier alpha value is -4.34. The maximum atomic E-state index is 15.8. The molecule has 0 amide bonds. The quantitative estimate of drug-likeness (QED) is 0.207. The lowest BCUT2D eigenvalue weighted by Crippen LogP contribution is -2.43. The molecule has 0 spiro atoms. The number of carboxylic acid groups (broad SMARTS) is 1. The summed E-state index contributed by atoms with van der Waals surface area (Å²) in [6.45, 7) is 0.0807. The van der Waals surface area contributed by atoms with Gasteiger partial charge in [-0.1, -0.05) is 23.2 Å². The van der Waals surface area contributed by atoms with Crippen molar-refractivity contribution in [1.82, 2.24) is 14.5 Å². The maximum absolute atomic E-state index is 15.8. The molecule has 1 N–H and O–H groups in total. The molecule has 17 heteroatoms. The highest BCUT2D eigenvalue weighted by atomic mass is 35.5. The zero-order valence-electron chi connectivity index (χ0n) is 22.4. The predicted molar refractivity (Wildman–Crippen MR) is 159 cm³/mol.